The van der Waals surface area contributed by atoms with Crippen molar-refractivity contribution in [1.82, 2.24) is 14.9 Å². The molecule has 1 aromatic heterocycles. The van der Waals surface area contributed by atoms with Crippen LogP contribution >= 0.6 is 0 Å². The van der Waals surface area contributed by atoms with Crippen LogP contribution in [0, 0.1) is 5.41 Å². The summed E-state index contributed by atoms with van der Waals surface area (Å²) in [6, 6.07) is 0. The van der Waals surface area contributed by atoms with E-state index < -0.39 is 0 Å². The van der Waals surface area contributed by atoms with Gasteiger partial charge in [-0.05, 0) is 19.4 Å². The van der Waals surface area contributed by atoms with Gasteiger partial charge in [-0.1, -0.05) is 13.3 Å². The number of nitrogens with zero attached hydrogens (tertiary/aromatic N) is 2. The predicted octanol–water partition coefficient (Wildman–Crippen LogP) is 1.38. The lowest BCUT2D eigenvalue weighted by molar-refractivity contribution is 0.0786. The summed E-state index contributed by atoms with van der Waals surface area (Å²) in [5.41, 5.74) is -0.214. The van der Waals surface area contributed by atoms with Gasteiger partial charge in [0.15, 0.2) is 5.82 Å². The molecule has 4 heteroatoms. The van der Waals surface area contributed by atoms with Crippen molar-refractivity contribution in [3.05, 3.63) is 18.2 Å². The van der Waals surface area contributed by atoms with Crippen LogP contribution in [-0.4, -0.2) is 28.4 Å². The van der Waals surface area contributed by atoms with Gasteiger partial charge in [-0.2, -0.15) is 0 Å². The molecule has 0 aliphatic carbocycles. The Morgan fingerprint density at radius 3 is 3.00 bits per heavy atom. The van der Waals surface area contributed by atoms with E-state index in [2.05, 4.69) is 17.2 Å². The van der Waals surface area contributed by atoms with Gasteiger partial charge < -0.3 is 9.88 Å². The number of hydrogen-bond donors (Lipinski definition) is 1. The first-order valence-electron chi connectivity index (χ1n) is 5.92. The normalized spacial score (nSPS) is 24.9. The van der Waals surface area contributed by atoms with Crippen molar-refractivity contribution in [2.24, 2.45) is 12.5 Å². The van der Waals surface area contributed by atoms with E-state index in [1.54, 1.807) is 6.20 Å². The highest BCUT2D eigenvalue weighted by Crippen LogP contribution is 2.34. The lowest BCUT2D eigenvalue weighted by atomic mass is 9.78. The maximum atomic E-state index is 12.5. The van der Waals surface area contributed by atoms with E-state index in [4.69, 9.17) is 0 Å². The van der Waals surface area contributed by atoms with Gasteiger partial charge in [0, 0.05) is 26.0 Å². The molecule has 1 saturated heterocycles. The summed E-state index contributed by atoms with van der Waals surface area (Å²) in [7, 11) is 1.88. The monoisotopic (exact) mass is 221 g/mol. The number of rotatable bonds is 4. The first kappa shape index (κ1) is 11.3. The molecule has 2 rings (SSSR count). The highest BCUT2D eigenvalue weighted by atomic mass is 16.1. The van der Waals surface area contributed by atoms with E-state index in [0.29, 0.717) is 5.82 Å². The molecule has 0 spiro atoms. The Kier molecular flexibility index (Phi) is 3.10. The van der Waals surface area contributed by atoms with E-state index in [1.165, 1.54) is 0 Å². The smallest absolute Gasteiger partial charge is 0.205 e. The summed E-state index contributed by atoms with van der Waals surface area (Å²) in [5.74, 6) is 0.795. The van der Waals surface area contributed by atoms with Crippen molar-refractivity contribution >= 4 is 5.78 Å². The van der Waals surface area contributed by atoms with Crippen LogP contribution in [0.15, 0.2) is 12.4 Å². The zero-order valence-electron chi connectivity index (χ0n) is 9.99. The minimum Gasteiger partial charge on any atom is -0.332 e. The van der Waals surface area contributed by atoms with Crippen LogP contribution in [0.3, 0.4) is 0 Å². The van der Waals surface area contributed by atoms with Gasteiger partial charge >= 0.3 is 0 Å². The molecule has 0 saturated carbocycles. The van der Waals surface area contributed by atoms with Gasteiger partial charge in [-0.15, -0.1) is 0 Å². The number of aryl methyl sites for hydroxylation is 1. The Bertz CT molecular complexity index is 377. The molecule has 2 heterocycles. The first-order valence-corrected chi connectivity index (χ1v) is 5.92. The van der Waals surface area contributed by atoms with Crippen molar-refractivity contribution in [3.8, 4) is 0 Å². The highest BCUT2D eigenvalue weighted by Gasteiger charge is 2.42. The summed E-state index contributed by atoms with van der Waals surface area (Å²) >= 11 is 0. The Morgan fingerprint density at radius 1 is 1.69 bits per heavy atom. The second-order valence-electron chi connectivity index (χ2n) is 4.65. The van der Waals surface area contributed by atoms with E-state index in [0.717, 1.165) is 32.4 Å². The molecule has 1 atom stereocenters. The van der Waals surface area contributed by atoms with Crippen LogP contribution in [0.1, 0.15) is 36.8 Å². The number of ketones is 1. The Labute approximate surface area is 96.1 Å². The molecule has 4 nitrogen and oxygen atoms in total. The quantitative estimate of drug-likeness (QED) is 0.781. The summed E-state index contributed by atoms with van der Waals surface area (Å²) in [5, 5.41) is 3.30. The summed E-state index contributed by atoms with van der Waals surface area (Å²) < 4.78 is 1.82. The van der Waals surface area contributed by atoms with Gasteiger partial charge in [0.25, 0.3) is 0 Å². The number of nitrogens with one attached hydrogen (secondary N) is 1. The van der Waals surface area contributed by atoms with E-state index in [9.17, 15) is 4.79 Å². The summed E-state index contributed by atoms with van der Waals surface area (Å²) in [4.78, 5) is 16.7. The fourth-order valence-electron chi connectivity index (χ4n) is 2.56. The van der Waals surface area contributed by atoms with Crippen LogP contribution in [-0.2, 0) is 7.05 Å². The molecule has 0 radical (unpaired) electrons. The van der Waals surface area contributed by atoms with Gasteiger partial charge in [0.05, 0.1) is 5.41 Å². The topological polar surface area (TPSA) is 46.9 Å². The Balaban J connectivity index is 2.27. The van der Waals surface area contributed by atoms with Crippen molar-refractivity contribution < 1.29 is 4.79 Å². The third-order valence-corrected chi connectivity index (χ3v) is 3.48. The molecule has 16 heavy (non-hydrogen) atoms. The largest absolute Gasteiger partial charge is 0.332 e. The number of imidazole rings is 1. The Hall–Kier alpha value is -1.16. The van der Waals surface area contributed by atoms with E-state index in [1.807, 2.05) is 17.8 Å². The maximum absolute atomic E-state index is 12.5. The SMILES string of the molecule is CCCC1(C(=O)c2nccn2C)CCNC1. The minimum absolute atomic E-state index is 0.201. The highest BCUT2D eigenvalue weighted by molar-refractivity contribution is 5.98. The Morgan fingerprint density at radius 2 is 2.50 bits per heavy atom. The minimum atomic E-state index is -0.214. The lowest BCUT2D eigenvalue weighted by Gasteiger charge is -2.25. The summed E-state index contributed by atoms with van der Waals surface area (Å²) in [6.45, 7) is 3.87. The number of hydrogen-bond acceptors (Lipinski definition) is 3. The molecular weight excluding hydrogens is 202 g/mol. The van der Waals surface area contributed by atoms with Crippen molar-refractivity contribution in [1.29, 1.82) is 0 Å². The van der Waals surface area contributed by atoms with Gasteiger partial charge in [0.1, 0.15) is 0 Å². The van der Waals surface area contributed by atoms with Crippen molar-refractivity contribution in [2.45, 2.75) is 26.2 Å². The van der Waals surface area contributed by atoms with Crippen molar-refractivity contribution in [2.75, 3.05) is 13.1 Å². The van der Waals surface area contributed by atoms with E-state index in [-0.39, 0.29) is 11.2 Å². The third kappa shape index (κ3) is 1.78. The fraction of sp³-hybridized carbons (Fsp3) is 0.667. The zero-order chi connectivity index (χ0) is 11.6. The molecule has 0 amide bonds. The van der Waals surface area contributed by atoms with Crippen molar-refractivity contribution in [3.63, 3.8) is 0 Å². The second kappa shape index (κ2) is 4.37. The number of aromatic nitrogens is 2. The molecule has 88 valence electrons. The molecule has 1 N–H and O–H groups in total. The summed E-state index contributed by atoms with van der Waals surface area (Å²) in [6.07, 6.45) is 6.45. The molecule has 1 aromatic rings. The van der Waals surface area contributed by atoms with Crippen LogP contribution in [0.25, 0.3) is 0 Å². The zero-order valence-corrected chi connectivity index (χ0v) is 9.99. The first-order chi connectivity index (χ1) is 7.69. The molecular formula is C12H19N3O. The maximum Gasteiger partial charge on any atom is 0.205 e. The molecule has 1 fully saturated rings. The van der Waals surface area contributed by atoms with E-state index >= 15 is 0 Å². The van der Waals surface area contributed by atoms with Gasteiger partial charge in [0.2, 0.25) is 5.78 Å². The van der Waals surface area contributed by atoms with Gasteiger partial charge in [-0.25, -0.2) is 4.98 Å². The second-order valence-corrected chi connectivity index (χ2v) is 4.65. The van der Waals surface area contributed by atoms with Gasteiger partial charge in [-0.3, -0.25) is 4.79 Å². The predicted molar refractivity (Wildman–Crippen MR) is 62.4 cm³/mol. The standard InChI is InChI=1S/C12H19N3O/c1-3-4-12(5-6-13-9-12)10(16)11-14-7-8-15(11)2/h7-8,13H,3-6,9H2,1-2H3. The average Bonchev–Trinajstić information content (AvgIpc) is 2.87. The molecule has 0 aromatic carbocycles. The van der Waals surface area contributed by atoms with Crippen LogP contribution in [0.5, 0.6) is 0 Å². The lowest BCUT2D eigenvalue weighted by Crippen LogP contribution is -2.35. The molecule has 1 aliphatic rings. The number of carbonyl (C=O) groups is 1. The number of carbonyl (C=O) groups excluding carboxylic acids is 1. The van der Waals surface area contributed by atoms with Crippen LogP contribution in [0.4, 0.5) is 0 Å². The van der Waals surface area contributed by atoms with Crippen LogP contribution < -0.4 is 5.32 Å². The average molecular weight is 221 g/mol. The molecule has 1 aliphatic heterocycles. The third-order valence-electron chi connectivity index (χ3n) is 3.48. The van der Waals surface area contributed by atoms with Crippen LogP contribution in [0.2, 0.25) is 0 Å². The fourth-order valence-corrected chi connectivity index (χ4v) is 2.56. The molecule has 0 bridgehead atoms. The number of Topliss-reactive ketones (excluding diaryl/α,β-unsaturated/α-hetero) is 1. The molecule has 1 unspecified atom stereocenters.